The minimum atomic E-state index is -0.0117. The topological polar surface area (TPSA) is 50.9 Å². The Balaban J connectivity index is 2.08. The molecule has 2 N–H and O–H groups in total. The molecule has 0 radical (unpaired) electrons. The summed E-state index contributed by atoms with van der Waals surface area (Å²) in [5, 5.41) is 0. The van der Waals surface area contributed by atoms with Gasteiger partial charge in [-0.2, -0.15) is 0 Å². The first-order valence-corrected chi connectivity index (χ1v) is 7.63. The highest BCUT2D eigenvalue weighted by molar-refractivity contribution is 5.99. The van der Waals surface area contributed by atoms with E-state index in [0.717, 1.165) is 24.4 Å². The number of benzene rings is 1. The predicted octanol–water partition coefficient (Wildman–Crippen LogP) is 3.02. The average molecular weight is 287 g/mol. The van der Waals surface area contributed by atoms with Crippen molar-refractivity contribution >= 4 is 11.6 Å². The summed E-state index contributed by atoms with van der Waals surface area (Å²) >= 11 is 0. The number of nitrogens with two attached hydrogens (primary N) is 1. The zero-order valence-electron chi connectivity index (χ0n) is 13.4. The molecule has 4 heteroatoms. The van der Waals surface area contributed by atoms with Crippen LogP contribution in [0.4, 0.5) is 5.69 Å². The highest BCUT2D eigenvalue weighted by Gasteiger charge is 2.55. The van der Waals surface area contributed by atoms with E-state index in [9.17, 15) is 0 Å². The van der Waals surface area contributed by atoms with Crippen LogP contribution in [-0.2, 0) is 0 Å². The van der Waals surface area contributed by atoms with Gasteiger partial charge in [0.05, 0.1) is 24.9 Å². The summed E-state index contributed by atoms with van der Waals surface area (Å²) in [5.41, 5.74) is 7.60. The van der Waals surface area contributed by atoms with Gasteiger partial charge in [0, 0.05) is 0 Å². The molecule has 1 fully saturated rings. The first-order valence-electron chi connectivity index (χ1n) is 7.63. The minimum Gasteiger partial charge on any atom is -0.495 e. The van der Waals surface area contributed by atoms with Crippen molar-refractivity contribution in [3.05, 3.63) is 24.3 Å². The van der Waals surface area contributed by atoms with Crippen LogP contribution in [0.25, 0.3) is 0 Å². The van der Waals surface area contributed by atoms with Crippen molar-refractivity contribution in [2.45, 2.75) is 39.2 Å². The van der Waals surface area contributed by atoms with Gasteiger partial charge in [-0.1, -0.05) is 32.9 Å². The van der Waals surface area contributed by atoms with Crippen molar-refractivity contribution in [1.82, 2.24) is 0 Å². The lowest BCUT2D eigenvalue weighted by Gasteiger charge is -2.40. The van der Waals surface area contributed by atoms with Gasteiger partial charge in [-0.05, 0) is 36.3 Å². The van der Waals surface area contributed by atoms with Gasteiger partial charge in [0.1, 0.15) is 5.75 Å². The van der Waals surface area contributed by atoms with Crippen LogP contribution >= 0.6 is 0 Å². The van der Waals surface area contributed by atoms with Gasteiger partial charge >= 0.3 is 0 Å². The Bertz CT molecular complexity index is 581. The van der Waals surface area contributed by atoms with Gasteiger partial charge in [0.2, 0.25) is 0 Å². The highest BCUT2D eigenvalue weighted by Crippen LogP contribution is 2.53. The summed E-state index contributed by atoms with van der Waals surface area (Å²) in [7, 11) is 1.71. The molecule has 114 valence electrons. The molecule has 1 aromatic carbocycles. The standard InChI is InChI=1S/C17H25N3O/c1-12-9-16(2,3)10-17(12)11-19-15(18)20(17)13-7-5-6-8-14(13)21-4/h5-8,12H,9-11H2,1-4H3,(H2,18,19). The number of hydrogen-bond acceptors (Lipinski definition) is 4. The van der Waals surface area contributed by atoms with Crippen LogP contribution in [-0.4, -0.2) is 25.2 Å². The average Bonchev–Trinajstić information content (AvgIpc) is 2.87. The minimum absolute atomic E-state index is 0.0117. The SMILES string of the molecule is COc1ccccc1N1C(N)=NCC12CC(C)(C)CC2C. The largest absolute Gasteiger partial charge is 0.495 e. The van der Waals surface area contributed by atoms with Crippen molar-refractivity contribution in [3.63, 3.8) is 0 Å². The smallest absolute Gasteiger partial charge is 0.196 e. The molecule has 1 spiro atoms. The summed E-state index contributed by atoms with van der Waals surface area (Å²) in [6.07, 6.45) is 2.30. The summed E-state index contributed by atoms with van der Waals surface area (Å²) in [4.78, 5) is 6.81. The van der Waals surface area contributed by atoms with E-state index in [1.54, 1.807) is 7.11 Å². The molecule has 21 heavy (non-hydrogen) atoms. The van der Waals surface area contributed by atoms with E-state index in [4.69, 9.17) is 10.5 Å². The zero-order chi connectivity index (χ0) is 15.3. The van der Waals surface area contributed by atoms with E-state index in [2.05, 4.69) is 36.7 Å². The van der Waals surface area contributed by atoms with Crippen molar-refractivity contribution in [2.75, 3.05) is 18.6 Å². The number of hydrogen-bond donors (Lipinski definition) is 1. The molecule has 4 nitrogen and oxygen atoms in total. The van der Waals surface area contributed by atoms with Gasteiger partial charge in [-0.3, -0.25) is 4.99 Å². The monoisotopic (exact) mass is 287 g/mol. The van der Waals surface area contributed by atoms with Crippen LogP contribution in [0.5, 0.6) is 5.75 Å². The van der Waals surface area contributed by atoms with Crippen LogP contribution in [0, 0.1) is 11.3 Å². The van der Waals surface area contributed by atoms with E-state index >= 15 is 0 Å². The van der Waals surface area contributed by atoms with Gasteiger partial charge in [-0.25, -0.2) is 0 Å². The molecule has 1 aromatic rings. The molecule has 2 aliphatic rings. The highest BCUT2D eigenvalue weighted by atomic mass is 16.5. The van der Waals surface area contributed by atoms with Crippen molar-refractivity contribution < 1.29 is 4.74 Å². The van der Waals surface area contributed by atoms with Gasteiger partial charge in [0.25, 0.3) is 0 Å². The quantitative estimate of drug-likeness (QED) is 0.909. The molecule has 0 amide bonds. The molecule has 1 aliphatic carbocycles. The Morgan fingerprint density at radius 3 is 2.67 bits per heavy atom. The molecule has 2 atom stereocenters. The Kier molecular flexibility index (Phi) is 3.15. The van der Waals surface area contributed by atoms with Crippen molar-refractivity contribution in [1.29, 1.82) is 0 Å². The summed E-state index contributed by atoms with van der Waals surface area (Å²) in [5.74, 6) is 2.01. The normalized spacial score (nSPS) is 30.8. The third-order valence-corrected chi connectivity index (χ3v) is 5.08. The Morgan fingerprint density at radius 2 is 2.05 bits per heavy atom. The number of ether oxygens (including phenoxy) is 1. The first-order chi connectivity index (χ1) is 9.89. The molecule has 1 heterocycles. The Morgan fingerprint density at radius 1 is 1.33 bits per heavy atom. The first kappa shape index (κ1) is 14.2. The lowest BCUT2D eigenvalue weighted by molar-refractivity contribution is 0.338. The van der Waals surface area contributed by atoms with E-state index in [-0.39, 0.29) is 5.54 Å². The Hall–Kier alpha value is -1.71. The van der Waals surface area contributed by atoms with Crippen LogP contribution in [0.1, 0.15) is 33.6 Å². The molecule has 3 rings (SSSR count). The van der Waals surface area contributed by atoms with Crippen LogP contribution in [0.2, 0.25) is 0 Å². The maximum Gasteiger partial charge on any atom is 0.196 e. The lowest BCUT2D eigenvalue weighted by Crippen LogP contribution is -2.54. The second kappa shape index (κ2) is 4.65. The van der Waals surface area contributed by atoms with Gasteiger partial charge in [0.15, 0.2) is 5.96 Å². The third kappa shape index (κ3) is 2.08. The number of rotatable bonds is 2. The zero-order valence-corrected chi connectivity index (χ0v) is 13.4. The number of guanidine groups is 1. The maximum absolute atomic E-state index is 6.26. The van der Waals surface area contributed by atoms with Crippen molar-refractivity contribution in [3.8, 4) is 5.75 Å². The number of methoxy groups -OCH3 is 1. The molecular weight excluding hydrogens is 262 g/mol. The number of nitrogens with zero attached hydrogens (tertiary/aromatic N) is 2. The van der Waals surface area contributed by atoms with E-state index < -0.39 is 0 Å². The number of anilines is 1. The number of aliphatic imine (C=N–C) groups is 1. The fraction of sp³-hybridized carbons (Fsp3) is 0.588. The summed E-state index contributed by atoms with van der Waals surface area (Å²) in [6.45, 7) is 7.78. The van der Waals surface area contributed by atoms with E-state index in [1.807, 2.05) is 18.2 Å². The van der Waals surface area contributed by atoms with Crippen LogP contribution < -0.4 is 15.4 Å². The molecule has 0 aromatic heterocycles. The second-order valence-electron chi connectivity index (χ2n) is 7.23. The van der Waals surface area contributed by atoms with Gasteiger partial charge in [-0.15, -0.1) is 0 Å². The predicted molar refractivity (Wildman–Crippen MR) is 86.9 cm³/mol. The second-order valence-corrected chi connectivity index (χ2v) is 7.23. The molecule has 0 saturated heterocycles. The van der Waals surface area contributed by atoms with Crippen LogP contribution in [0.3, 0.4) is 0 Å². The lowest BCUT2D eigenvalue weighted by atomic mass is 9.85. The molecular formula is C17H25N3O. The third-order valence-electron chi connectivity index (χ3n) is 5.08. The van der Waals surface area contributed by atoms with Gasteiger partial charge < -0.3 is 15.4 Å². The number of para-hydroxylation sites is 2. The summed E-state index contributed by atoms with van der Waals surface area (Å²) in [6, 6.07) is 8.08. The van der Waals surface area contributed by atoms with E-state index in [1.165, 1.54) is 6.42 Å². The molecule has 2 unspecified atom stereocenters. The molecule has 0 bridgehead atoms. The molecule has 1 aliphatic heterocycles. The van der Waals surface area contributed by atoms with Crippen molar-refractivity contribution in [2.24, 2.45) is 22.1 Å². The Labute approximate surface area is 127 Å². The fourth-order valence-corrected chi connectivity index (χ4v) is 4.37. The summed E-state index contributed by atoms with van der Waals surface area (Å²) < 4.78 is 5.54. The van der Waals surface area contributed by atoms with Crippen LogP contribution in [0.15, 0.2) is 29.3 Å². The molecule has 1 saturated carbocycles. The fourth-order valence-electron chi connectivity index (χ4n) is 4.37. The van der Waals surface area contributed by atoms with E-state index in [0.29, 0.717) is 17.3 Å². The maximum atomic E-state index is 6.26.